The summed E-state index contributed by atoms with van der Waals surface area (Å²) in [5.74, 6) is 0. The average molecular weight is 234 g/mol. The Morgan fingerprint density at radius 3 is 3.06 bits per heavy atom. The molecule has 0 saturated heterocycles. The molecule has 3 rings (SSSR count). The molecule has 5 heteroatoms. The minimum atomic E-state index is 0.372. The van der Waals surface area contributed by atoms with Crippen molar-refractivity contribution in [3.63, 3.8) is 0 Å². The molecule has 2 aromatic rings. The first-order chi connectivity index (χ1) is 7.83. The number of nitrogens with zero attached hydrogens (tertiary/aromatic N) is 3. The third-order valence-corrected chi connectivity index (χ3v) is 4.23. The van der Waals surface area contributed by atoms with E-state index in [1.807, 2.05) is 28.8 Å². The minimum absolute atomic E-state index is 0.372. The van der Waals surface area contributed by atoms with Crippen molar-refractivity contribution in [2.75, 3.05) is 0 Å². The Hall–Kier alpha value is -1.07. The van der Waals surface area contributed by atoms with Gasteiger partial charge < -0.3 is 5.73 Å². The summed E-state index contributed by atoms with van der Waals surface area (Å²) in [7, 11) is 0. The van der Waals surface area contributed by atoms with E-state index in [0.29, 0.717) is 11.3 Å². The molecule has 4 nitrogen and oxygen atoms in total. The number of hydrogen-bond acceptors (Lipinski definition) is 4. The van der Waals surface area contributed by atoms with Gasteiger partial charge in [0.1, 0.15) is 0 Å². The number of hydrogen-bond donors (Lipinski definition) is 1. The van der Waals surface area contributed by atoms with Crippen LogP contribution >= 0.6 is 11.8 Å². The van der Waals surface area contributed by atoms with Crippen molar-refractivity contribution in [1.29, 1.82) is 0 Å². The lowest BCUT2D eigenvalue weighted by molar-refractivity contribution is 0.705. The highest BCUT2D eigenvalue weighted by atomic mass is 32.2. The molecule has 1 saturated carbocycles. The van der Waals surface area contributed by atoms with Gasteiger partial charge in [0, 0.05) is 17.5 Å². The van der Waals surface area contributed by atoms with Crippen LogP contribution in [0, 0.1) is 0 Å². The third kappa shape index (κ3) is 1.81. The van der Waals surface area contributed by atoms with Crippen LogP contribution in [0.5, 0.6) is 0 Å². The average Bonchev–Trinajstić information content (AvgIpc) is 2.87. The van der Waals surface area contributed by atoms with Crippen LogP contribution in [0.25, 0.3) is 5.65 Å². The van der Waals surface area contributed by atoms with Crippen molar-refractivity contribution in [1.82, 2.24) is 14.6 Å². The van der Waals surface area contributed by atoms with Gasteiger partial charge >= 0.3 is 0 Å². The lowest BCUT2D eigenvalue weighted by atomic mass is 10.3. The van der Waals surface area contributed by atoms with E-state index in [1.165, 1.54) is 6.42 Å². The fourth-order valence-corrected chi connectivity index (χ4v) is 3.38. The minimum Gasteiger partial charge on any atom is -0.328 e. The quantitative estimate of drug-likeness (QED) is 0.859. The molecule has 2 atom stereocenters. The fourth-order valence-electron chi connectivity index (χ4n) is 2.13. The van der Waals surface area contributed by atoms with Gasteiger partial charge in [0.15, 0.2) is 10.8 Å². The Morgan fingerprint density at radius 1 is 1.31 bits per heavy atom. The molecule has 2 unspecified atom stereocenters. The highest BCUT2D eigenvalue weighted by molar-refractivity contribution is 7.99. The van der Waals surface area contributed by atoms with Crippen LogP contribution < -0.4 is 5.73 Å². The lowest BCUT2D eigenvalue weighted by Gasteiger charge is -2.06. The second kappa shape index (κ2) is 4.07. The van der Waals surface area contributed by atoms with Crippen LogP contribution in [0.15, 0.2) is 29.6 Å². The van der Waals surface area contributed by atoms with Crippen molar-refractivity contribution in [2.45, 2.75) is 35.7 Å². The standard InChI is InChI=1S/C11H14N4S/c12-8-4-5-9(7-8)16-11-14-13-10-3-1-2-6-15(10)11/h1-3,6,8-9H,4-5,7,12H2. The lowest BCUT2D eigenvalue weighted by Crippen LogP contribution is -2.15. The van der Waals surface area contributed by atoms with E-state index in [9.17, 15) is 0 Å². The molecule has 2 heterocycles. The SMILES string of the molecule is NC1CCC(Sc2nnc3ccccn23)C1. The van der Waals surface area contributed by atoms with Gasteiger partial charge in [0.05, 0.1) is 0 Å². The maximum atomic E-state index is 5.91. The zero-order valence-electron chi connectivity index (χ0n) is 8.91. The number of aromatic nitrogens is 3. The molecule has 0 aliphatic heterocycles. The van der Waals surface area contributed by atoms with Gasteiger partial charge in [0.25, 0.3) is 0 Å². The van der Waals surface area contributed by atoms with Crippen LogP contribution in [-0.4, -0.2) is 25.9 Å². The molecule has 0 spiro atoms. The first-order valence-corrected chi connectivity index (χ1v) is 6.43. The Labute approximate surface area is 98.2 Å². The van der Waals surface area contributed by atoms with E-state index in [0.717, 1.165) is 23.6 Å². The summed E-state index contributed by atoms with van der Waals surface area (Å²) in [6, 6.07) is 6.32. The molecule has 16 heavy (non-hydrogen) atoms. The highest BCUT2D eigenvalue weighted by Crippen LogP contribution is 2.33. The van der Waals surface area contributed by atoms with E-state index in [1.54, 1.807) is 11.8 Å². The summed E-state index contributed by atoms with van der Waals surface area (Å²) in [5.41, 5.74) is 6.82. The van der Waals surface area contributed by atoms with Crippen molar-refractivity contribution in [2.24, 2.45) is 5.73 Å². The van der Waals surface area contributed by atoms with Gasteiger partial charge in [-0.05, 0) is 31.4 Å². The molecule has 0 radical (unpaired) electrons. The number of rotatable bonds is 2. The summed E-state index contributed by atoms with van der Waals surface area (Å²) in [6.07, 6.45) is 5.42. The molecule has 0 aromatic carbocycles. The van der Waals surface area contributed by atoms with Crippen LogP contribution in [0.2, 0.25) is 0 Å². The van der Waals surface area contributed by atoms with Gasteiger partial charge in [-0.2, -0.15) is 0 Å². The van der Waals surface area contributed by atoms with Gasteiger partial charge in [-0.25, -0.2) is 0 Å². The second-order valence-electron chi connectivity index (χ2n) is 4.22. The number of nitrogens with two attached hydrogens (primary N) is 1. The van der Waals surface area contributed by atoms with Crippen LogP contribution in [0.4, 0.5) is 0 Å². The molecular formula is C11H14N4S. The first kappa shape index (κ1) is 10.1. The van der Waals surface area contributed by atoms with Gasteiger partial charge in [0.2, 0.25) is 0 Å². The number of fused-ring (bicyclic) bond motifs is 1. The topological polar surface area (TPSA) is 56.2 Å². The van der Waals surface area contributed by atoms with E-state index >= 15 is 0 Å². The van der Waals surface area contributed by atoms with Crippen molar-refractivity contribution < 1.29 is 0 Å². The normalized spacial score (nSPS) is 25.3. The zero-order valence-corrected chi connectivity index (χ0v) is 9.73. The predicted molar refractivity (Wildman–Crippen MR) is 64.5 cm³/mol. The van der Waals surface area contributed by atoms with Gasteiger partial charge in [-0.15, -0.1) is 10.2 Å². The molecule has 1 aliphatic rings. The Kier molecular flexibility index (Phi) is 2.57. The van der Waals surface area contributed by atoms with E-state index in [2.05, 4.69) is 10.2 Å². The maximum Gasteiger partial charge on any atom is 0.195 e. The van der Waals surface area contributed by atoms with Crippen LogP contribution in [-0.2, 0) is 0 Å². The maximum absolute atomic E-state index is 5.91. The summed E-state index contributed by atoms with van der Waals surface area (Å²) < 4.78 is 2.04. The van der Waals surface area contributed by atoms with Crippen molar-refractivity contribution in [3.8, 4) is 0 Å². The summed E-state index contributed by atoms with van der Waals surface area (Å²) in [4.78, 5) is 0. The fraction of sp³-hybridized carbons (Fsp3) is 0.455. The van der Waals surface area contributed by atoms with E-state index in [-0.39, 0.29) is 0 Å². The van der Waals surface area contributed by atoms with Crippen LogP contribution in [0.1, 0.15) is 19.3 Å². The zero-order chi connectivity index (χ0) is 11.0. The predicted octanol–water partition coefficient (Wildman–Crippen LogP) is 1.70. The highest BCUT2D eigenvalue weighted by Gasteiger charge is 2.24. The van der Waals surface area contributed by atoms with Crippen molar-refractivity contribution in [3.05, 3.63) is 24.4 Å². The smallest absolute Gasteiger partial charge is 0.195 e. The van der Waals surface area contributed by atoms with Crippen LogP contribution in [0.3, 0.4) is 0 Å². The first-order valence-electron chi connectivity index (χ1n) is 5.55. The third-order valence-electron chi connectivity index (χ3n) is 2.98. The molecule has 1 aliphatic carbocycles. The Balaban J connectivity index is 1.84. The number of pyridine rings is 1. The largest absolute Gasteiger partial charge is 0.328 e. The number of thioether (sulfide) groups is 1. The van der Waals surface area contributed by atoms with Gasteiger partial charge in [-0.1, -0.05) is 17.8 Å². The molecular weight excluding hydrogens is 220 g/mol. The molecule has 2 N–H and O–H groups in total. The molecule has 0 amide bonds. The van der Waals surface area contributed by atoms with E-state index < -0.39 is 0 Å². The Morgan fingerprint density at radius 2 is 2.25 bits per heavy atom. The molecule has 84 valence electrons. The summed E-state index contributed by atoms with van der Waals surface area (Å²) in [6.45, 7) is 0. The van der Waals surface area contributed by atoms with Crippen molar-refractivity contribution >= 4 is 17.4 Å². The molecule has 1 fully saturated rings. The molecule has 2 aromatic heterocycles. The Bertz CT molecular complexity index is 495. The summed E-state index contributed by atoms with van der Waals surface area (Å²) in [5, 5.41) is 9.94. The molecule has 0 bridgehead atoms. The second-order valence-corrected chi connectivity index (χ2v) is 5.49. The van der Waals surface area contributed by atoms with Gasteiger partial charge in [-0.3, -0.25) is 4.40 Å². The van der Waals surface area contributed by atoms with E-state index in [4.69, 9.17) is 5.73 Å². The summed E-state index contributed by atoms with van der Waals surface area (Å²) >= 11 is 1.80. The monoisotopic (exact) mass is 234 g/mol.